The molecule has 0 atom stereocenters. The van der Waals surface area contributed by atoms with E-state index < -0.39 is 0 Å². The van der Waals surface area contributed by atoms with E-state index in [2.05, 4.69) is 10.1 Å². The van der Waals surface area contributed by atoms with Crippen LogP contribution in [0.15, 0.2) is 53.3 Å². The first-order valence-corrected chi connectivity index (χ1v) is 9.87. The van der Waals surface area contributed by atoms with Crippen molar-refractivity contribution in [3.8, 4) is 34.3 Å². The summed E-state index contributed by atoms with van der Waals surface area (Å²) in [5.41, 5.74) is 3.77. The fourth-order valence-corrected chi connectivity index (χ4v) is 3.70. The Morgan fingerprint density at radius 3 is 2.71 bits per heavy atom. The van der Waals surface area contributed by atoms with Gasteiger partial charge in [0.25, 0.3) is 5.56 Å². The Labute approximate surface area is 178 Å². The highest BCUT2D eigenvalue weighted by molar-refractivity contribution is 5.71. The predicted octanol–water partition coefficient (Wildman–Crippen LogP) is 3.22. The normalized spacial score (nSPS) is 12.3. The van der Waals surface area contributed by atoms with Gasteiger partial charge in [-0.2, -0.15) is 0 Å². The smallest absolute Gasteiger partial charge is 0.272 e. The number of nitrogens with zero attached hydrogens (tertiary/aromatic N) is 2. The predicted molar refractivity (Wildman–Crippen MR) is 114 cm³/mol. The first-order valence-electron chi connectivity index (χ1n) is 9.87. The maximum Gasteiger partial charge on any atom is 0.272 e. The number of methoxy groups -OCH3 is 2. The van der Waals surface area contributed by atoms with Crippen molar-refractivity contribution in [2.24, 2.45) is 0 Å². The summed E-state index contributed by atoms with van der Waals surface area (Å²) in [4.78, 5) is 17.3. The zero-order chi connectivity index (χ0) is 21.4. The van der Waals surface area contributed by atoms with Gasteiger partial charge >= 0.3 is 0 Å². The van der Waals surface area contributed by atoms with Gasteiger partial charge in [0, 0.05) is 29.5 Å². The minimum absolute atomic E-state index is 0.163. The summed E-state index contributed by atoms with van der Waals surface area (Å²) in [5.74, 6) is 2.85. The topological polar surface area (TPSA) is 87.1 Å². The number of aromatic amines is 1. The number of aromatic nitrogens is 3. The third-order valence-corrected chi connectivity index (χ3v) is 5.31. The summed E-state index contributed by atoms with van der Waals surface area (Å²) in [5, 5.41) is 3.11. The minimum atomic E-state index is -0.163. The highest BCUT2D eigenvalue weighted by Gasteiger charge is 2.15. The highest BCUT2D eigenvalue weighted by atomic mass is 16.7. The Kier molecular flexibility index (Phi) is 4.74. The standard InChI is InChI=1S/C23H21N3O5/c1-28-16-6-7-17(20(11-16)29-2)18-12-22-24-15(10-23(27)26(22)25-18)5-3-14-4-8-19-21(9-14)31-13-30-19/h4,6-12,25H,3,5,13H2,1-2H3. The number of rotatable bonds is 6. The van der Waals surface area contributed by atoms with Crippen LogP contribution in [0.25, 0.3) is 16.9 Å². The van der Waals surface area contributed by atoms with Crippen LogP contribution in [0, 0.1) is 0 Å². The van der Waals surface area contributed by atoms with Crippen LogP contribution in [0.2, 0.25) is 0 Å². The van der Waals surface area contributed by atoms with Crippen molar-refractivity contribution in [2.75, 3.05) is 21.0 Å². The second-order valence-corrected chi connectivity index (χ2v) is 7.20. The second-order valence-electron chi connectivity index (χ2n) is 7.20. The van der Waals surface area contributed by atoms with E-state index in [-0.39, 0.29) is 12.4 Å². The maximum absolute atomic E-state index is 12.7. The van der Waals surface area contributed by atoms with Crippen molar-refractivity contribution in [2.45, 2.75) is 12.8 Å². The van der Waals surface area contributed by atoms with E-state index in [1.807, 2.05) is 36.4 Å². The molecule has 0 saturated heterocycles. The van der Waals surface area contributed by atoms with Gasteiger partial charge in [-0.15, -0.1) is 0 Å². The molecule has 3 heterocycles. The lowest BCUT2D eigenvalue weighted by Crippen LogP contribution is -2.15. The van der Waals surface area contributed by atoms with Crippen LogP contribution in [-0.2, 0) is 12.8 Å². The van der Waals surface area contributed by atoms with E-state index in [0.717, 1.165) is 40.4 Å². The Morgan fingerprint density at radius 2 is 1.87 bits per heavy atom. The second kappa shape index (κ2) is 7.71. The largest absolute Gasteiger partial charge is 0.497 e. The van der Waals surface area contributed by atoms with Gasteiger partial charge in [-0.25, -0.2) is 9.50 Å². The molecular weight excluding hydrogens is 398 g/mol. The van der Waals surface area contributed by atoms with E-state index in [0.29, 0.717) is 23.6 Å². The van der Waals surface area contributed by atoms with Gasteiger partial charge in [-0.05, 0) is 42.7 Å². The van der Waals surface area contributed by atoms with Gasteiger partial charge in [0.1, 0.15) is 11.5 Å². The monoisotopic (exact) mass is 419 g/mol. The molecule has 4 aromatic rings. The number of nitrogens with one attached hydrogen (secondary N) is 1. The van der Waals surface area contributed by atoms with E-state index in [1.54, 1.807) is 26.4 Å². The van der Waals surface area contributed by atoms with Crippen LogP contribution in [0.5, 0.6) is 23.0 Å². The Balaban J connectivity index is 1.43. The van der Waals surface area contributed by atoms with Gasteiger partial charge in [0.15, 0.2) is 17.1 Å². The van der Waals surface area contributed by atoms with Gasteiger partial charge in [0.2, 0.25) is 6.79 Å². The van der Waals surface area contributed by atoms with Crippen LogP contribution in [-0.4, -0.2) is 35.6 Å². The molecule has 1 aliphatic heterocycles. The van der Waals surface area contributed by atoms with Crippen molar-refractivity contribution in [1.29, 1.82) is 0 Å². The number of aryl methyl sites for hydroxylation is 2. The van der Waals surface area contributed by atoms with E-state index in [4.69, 9.17) is 18.9 Å². The van der Waals surface area contributed by atoms with Crippen LogP contribution in [0.4, 0.5) is 0 Å². The molecule has 1 aliphatic rings. The van der Waals surface area contributed by atoms with Gasteiger partial charge in [-0.1, -0.05) is 6.07 Å². The quantitative estimate of drug-likeness (QED) is 0.516. The number of hydrogen-bond acceptors (Lipinski definition) is 6. The van der Waals surface area contributed by atoms with Crippen molar-refractivity contribution < 1.29 is 18.9 Å². The maximum atomic E-state index is 12.7. The Bertz CT molecular complexity index is 1320. The molecule has 0 saturated carbocycles. The summed E-state index contributed by atoms with van der Waals surface area (Å²) >= 11 is 0. The van der Waals surface area contributed by atoms with Gasteiger partial charge < -0.3 is 18.9 Å². The zero-order valence-electron chi connectivity index (χ0n) is 17.2. The molecule has 2 aromatic carbocycles. The molecule has 0 amide bonds. The number of benzene rings is 2. The lowest BCUT2D eigenvalue weighted by molar-refractivity contribution is 0.174. The number of fused-ring (bicyclic) bond motifs is 2. The van der Waals surface area contributed by atoms with Crippen LogP contribution in [0.1, 0.15) is 11.3 Å². The molecule has 0 spiro atoms. The van der Waals surface area contributed by atoms with Gasteiger partial charge in [-0.3, -0.25) is 9.89 Å². The van der Waals surface area contributed by atoms with Crippen molar-refractivity contribution in [1.82, 2.24) is 14.6 Å². The minimum Gasteiger partial charge on any atom is -0.497 e. The summed E-state index contributed by atoms with van der Waals surface area (Å²) < 4.78 is 23.0. The van der Waals surface area contributed by atoms with Crippen LogP contribution in [0.3, 0.4) is 0 Å². The number of ether oxygens (including phenoxy) is 4. The molecule has 0 aliphatic carbocycles. The molecular formula is C23H21N3O5. The molecule has 0 fully saturated rings. The third kappa shape index (κ3) is 3.56. The molecule has 8 heteroatoms. The summed E-state index contributed by atoms with van der Waals surface area (Å²) in [6.07, 6.45) is 1.38. The number of hydrogen-bond donors (Lipinski definition) is 1. The Hall–Kier alpha value is -3.94. The number of H-pyrrole nitrogens is 1. The molecule has 0 unspecified atom stereocenters. The molecule has 31 heavy (non-hydrogen) atoms. The molecule has 0 bridgehead atoms. The Morgan fingerprint density at radius 1 is 1.00 bits per heavy atom. The van der Waals surface area contributed by atoms with E-state index >= 15 is 0 Å². The fraction of sp³-hybridized carbons (Fsp3) is 0.217. The SMILES string of the molecule is COc1ccc(-c2cc3nc(CCc4ccc5c(c4)OCO5)cc(=O)n3[nH]2)c(OC)c1. The first kappa shape index (κ1) is 19.0. The zero-order valence-corrected chi connectivity index (χ0v) is 17.2. The molecule has 0 radical (unpaired) electrons. The lowest BCUT2D eigenvalue weighted by Gasteiger charge is -2.08. The van der Waals surface area contributed by atoms with Gasteiger partial charge in [0.05, 0.1) is 19.9 Å². The lowest BCUT2D eigenvalue weighted by atomic mass is 10.1. The first-order chi connectivity index (χ1) is 15.1. The molecule has 1 N–H and O–H groups in total. The van der Waals surface area contributed by atoms with Crippen molar-refractivity contribution in [3.05, 3.63) is 70.1 Å². The molecule has 8 nitrogen and oxygen atoms in total. The average molecular weight is 419 g/mol. The van der Waals surface area contributed by atoms with Crippen LogP contribution >= 0.6 is 0 Å². The van der Waals surface area contributed by atoms with Crippen molar-refractivity contribution in [3.63, 3.8) is 0 Å². The summed E-state index contributed by atoms with van der Waals surface area (Å²) in [7, 11) is 3.20. The molecule has 158 valence electrons. The van der Waals surface area contributed by atoms with E-state index in [1.165, 1.54) is 4.52 Å². The summed E-state index contributed by atoms with van der Waals surface area (Å²) in [6.45, 7) is 0.253. The average Bonchev–Trinajstić information content (AvgIpc) is 3.44. The third-order valence-electron chi connectivity index (χ3n) is 5.31. The molecule has 2 aromatic heterocycles. The highest BCUT2D eigenvalue weighted by Crippen LogP contribution is 2.33. The fourth-order valence-electron chi connectivity index (χ4n) is 3.70. The summed E-state index contributed by atoms with van der Waals surface area (Å²) in [6, 6.07) is 14.8. The van der Waals surface area contributed by atoms with E-state index in [9.17, 15) is 4.79 Å². The molecule has 5 rings (SSSR count). The van der Waals surface area contributed by atoms with Crippen molar-refractivity contribution >= 4 is 5.65 Å². The van der Waals surface area contributed by atoms with Crippen LogP contribution < -0.4 is 24.5 Å².